The SMILES string of the molecule is C[C@@H](N)c1ccc(Br)cc1OCCC1CC1. The van der Waals surface area contributed by atoms with Crippen LogP contribution in [0.4, 0.5) is 0 Å². The van der Waals surface area contributed by atoms with E-state index in [4.69, 9.17) is 10.5 Å². The van der Waals surface area contributed by atoms with Crippen molar-refractivity contribution in [3.63, 3.8) is 0 Å². The first kappa shape index (κ1) is 11.9. The first-order valence-corrected chi connectivity index (χ1v) is 6.64. The molecule has 1 aliphatic rings. The Morgan fingerprint density at radius 1 is 1.50 bits per heavy atom. The molecule has 1 aromatic rings. The van der Waals surface area contributed by atoms with Crippen LogP contribution in [0.3, 0.4) is 0 Å². The number of rotatable bonds is 5. The third kappa shape index (κ3) is 3.22. The number of nitrogens with two attached hydrogens (primary N) is 1. The van der Waals surface area contributed by atoms with Gasteiger partial charge in [-0.25, -0.2) is 0 Å². The molecule has 1 saturated carbocycles. The summed E-state index contributed by atoms with van der Waals surface area (Å²) in [5.74, 6) is 1.83. The number of hydrogen-bond acceptors (Lipinski definition) is 2. The molecule has 0 aliphatic heterocycles. The van der Waals surface area contributed by atoms with Crippen molar-refractivity contribution < 1.29 is 4.74 Å². The molecule has 0 heterocycles. The van der Waals surface area contributed by atoms with Crippen LogP contribution in [0.25, 0.3) is 0 Å². The fourth-order valence-electron chi connectivity index (χ4n) is 1.75. The summed E-state index contributed by atoms with van der Waals surface area (Å²) in [5.41, 5.74) is 7.00. The van der Waals surface area contributed by atoms with Crippen molar-refractivity contribution in [2.75, 3.05) is 6.61 Å². The van der Waals surface area contributed by atoms with Gasteiger partial charge < -0.3 is 10.5 Å². The number of benzene rings is 1. The highest BCUT2D eigenvalue weighted by Gasteiger charge is 2.21. The van der Waals surface area contributed by atoms with E-state index in [1.54, 1.807) is 0 Å². The zero-order valence-electron chi connectivity index (χ0n) is 9.58. The maximum atomic E-state index is 5.91. The van der Waals surface area contributed by atoms with Gasteiger partial charge in [0.1, 0.15) is 5.75 Å². The molecule has 0 bridgehead atoms. The smallest absolute Gasteiger partial charge is 0.125 e. The van der Waals surface area contributed by atoms with Gasteiger partial charge in [-0.3, -0.25) is 0 Å². The molecule has 2 rings (SSSR count). The predicted octanol–water partition coefficient (Wildman–Crippen LogP) is 3.65. The van der Waals surface area contributed by atoms with E-state index in [2.05, 4.69) is 15.9 Å². The predicted molar refractivity (Wildman–Crippen MR) is 69.6 cm³/mol. The molecule has 1 fully saturated rings. The van der Waals surface area contributed by atoms with Crippen LogP contribution in [0, 0.1) is 5.92 Å². The zero-order valence-corrected chi connectivity index (χ0v) is 11.2. The van der Waals surface area contributed by atoms with Crippen LogP contribution in [0.15, 0.2) is 22.7 Å². The van der Waals surface area contributed by atoms with E-state index in [1.807, 2.05) is 25.1 Å². The maximum Gasteiger partial charge on any atom is 0.125 e. The standard InChI is InChI=1S/C13H18BrNO/c1-9(15)12-5-4-11(14)8-13(12)16-7-6-10-2-3-10/h4-5,8-10H,2-3,6-7,15H2,1H3/t9-/m1/s1. The molecule has 2 N–H and O–H groups in total. The summed E-state index contributed by atoms with van der Waals surface area (Å²) in [7, 11) is 0. The Balaban J connectivity index is 2.00. The highest BCUT2D eigenvalue weighted by Crippen LogP contribution is 2.33. The summed E-state index contributed by atoms with van der Waals surface area (Å²) in [5, 5.41) is 0. The van der Waals surface area contributed by atoms with Gasteiger partial charge in [0.15, 0.2) is 0 Å². The molecule has 0 aromatic heterocycles. The van der Waals surface area contributed by atoms with Crippen LogP contribution < -0.4 is 10.5 Å². The van der Waals surface area contributed by atoms with Gasteiger partial charge in [-0.15, -0.1) is 0 Å². The molecule has 0 amide bonds. The van der Waals surface area contributed by atoms with E-state index >= 15 is 0 Å². The average Bonchev–Trinajstić information content (AvgIpc) is 3.01. The van der Waals surface area contributed by atoms with Crippen molar-refractivity contribution in [1.29, 1.82) is 0 Å². The van der Waals surface area contributed by atoms with E-state index in [0.717, 1.165) is 28.3 Å². The second-order valence-electron chi connectivity index (χ2n) is 4.55. The molecule has 2 nitrogen and oxygen atoms in total. The summed E-state index contributed by atoms with van der Waals surface area (Å²) in [6.07, 6.45) is 3.93. The lowest BCUT2D eigenvalue weighted by Crippen LogP contribution is -2.08. The third-order valence-electron chi connectivity index (χ3n) is 2.95. The van der Waals surface area contributed by atoms with Gasteiger partial charge in [0, 0.05) is 16.1 Å². The quantitative estimate of drug-likeness (QED) is 0.895. The van der Waals surface area contributed by atoms with Crippen LogP contribution in [-0.2, 0) is 0 Å². The van der Waals surface area contributed by atoms with Crippen molar-refractivity contribution in [3.8, 4) is 5.75 Å². The minimum absolute atomic E-state index is 0.0176. The first-order valence-electron chi connectivity index (χ1n) is 5.84. The molecule has 88 valence electrons. The Morgan fingerprint density at radius 2 is 2.25 bits per heavy atom. The molecule has 1 aliphatic carbocycles. The molecule has 0 saturated heterocycles. The van der Waals surface area contributed by atoms with Crippen LogP contribution >= 0.6 is 15.9 Å². The third-order valence-corrected chi connectivity index (χ3v) is 3.44. The fourth-order valence-corrected chi connectivity index (χ4v) is 2.09. The lowest BCUT2D eigenvalue weighted by molar-refractivity contribution is 0.298. The topological polar surface area (TPSA) is 35.2 Å². The summed E-state index contributed by atoms with van der Waals surface area (Å²) < 4.78 is 6.86. The number of ether oxygens (including phenoxy) is 1. The Labute approximate surface area is 105 Å². The van der Waals surface area contributed by atoms with E-state index in [9.17, 15) is 0 Å². The highest BCUT2D eigenvalue weighted by molar-refractivity contribution is 9.10. The molecular weight excluding hydrogens is 266 g/mol. The fraction of sp³-hybridized carbons (Fsp3) is 0.538. The monoisotopic (exact) mass is 283 g/mol. The maximum absolute atomic E-state index is 5.91. The van der Waals surface area contributed by atoms with Crippen LogP contribution in [-0.4, -0.2) is 6.61 Å². The summed E-state index contributed by atoms with van der Waals surface area (Å²) >= 11 is 3.46. The van der Waals surface area contributed by atoms with Crippen molar-refractivity contribution >= 4 is 15.9 Å². The molecule has 1 atom stereocenters. The van der Waals surface area contributed by atoms with Crippen molar-refractivity contribution in [2.24, 2.45) is 11.7 Å². The van der Waals surface area contributed by atoms with Gasteiger partial charge in [-0.1, -0.05) is 34.8 Å². The van der Waals surface area contributed by atoms with E-state index < -0.39 is 0 Å². The molecule has 0 radical (unpaired) electrons. The van der Waals surface area contributed by atoms with Crippen LogP contribution in [0.1, 0.15) is 37.8 Å². The molecule has 1 aromatic carbocycles. The van der Waals surface area contributed by atoms with E-state index in [0.29, 0.717) is 0 Å². The van der Waals surface area contributed by atoms with Crippen molar-refractivity contribution in [1.82, 2.24) is 0 Å². The highest BCUT2D eigenvalue weighted by atomic mass is 79.9. The minimum atomic E-state index is 0.0176. The second kappa shape index (κ2) is 5.19. The molecular formula is C13H18BrNO. The summed E-state index contributed by atoms with van der Waals surface area (Å²) in [6, 6.07) is 6.06. The van der Waals surface area contributed by atoms with Crippen molar-refractivity contribution in [3.05, 3.63) is 28.2 Å². The van der Waals surface area contributed by atoms with E-state index in [1.165, 1.54) is 19.3 Å². The van der Waals surface area contributed by atoms with Gasteiger partial charge in [0.25, 0.3) is 0 Å². The van der Waals surface area contributed by atoms with Gasteiger partial charge in [-0.2, -0.15) is 0 Å². The lowest BCUT2D eigenvalue weighted by atomic mass is 10.1. The molecule has 16 heavy (non-hydrogen) atoms. The minimum Gasteiger partial charge on any atom is -0.493 e. The average molecular weight is 284 g/mol. The number of hydrogen-bond donors (Lipinski definition) is 1. The lowest BCUT2D eigenvalue weighted by Gasteiger charge is -2.14. The van der Waals surface area contributed by atoms with E-state index in [-0.39, 0.29) is 6.04 Å². The molecule has 0 spiro atoms. The van der Waals surface area contributed by atoms with Gasteiger partial charge in [-0.05, 0) is 31.4 Å². The van der Waals surface area contributed by atoms with Gasteiger partial charge >= 0.3 is 0 Å². The van der Waals surface area contributed by atoms with Crippen LogP contribution in [0.2, 0.25) is 0 Å². The first-order chi connectivity index (χ1) is 7.66. The number of halogens is 1. The summed E-state index contributed by atoms with van der Waals surface area (Å²) in [6.45, 7) is 2.79. The normalized spacial score (nSPS) is 17.2. The molecule has 3 heteroatoms. The van der Waals surface area contributed by atoms with Gasteiger partial charge in [0.05, 0.1) is 6.61 Å². The van der Waals surface area contributed by atoms with Gasteiger partial charge in [0.2, 0.25) is 0 Å². The largest absolute Gasteiger partial charge is 0.493 e. The summed E-state index contributed by atoms with van der Waals surface area (Å²) in [4.78, 5) is 0. The Morgan fingerprint density at radius 3 is 2.88 bits per heavy atom. The Hall–Kier alpha value is -0.540. The Bertz CT molecular complexity index is 361. The second-order valence-corrected chi connectivity index (χ2v) is 5.47. The van der Waals surface area contributed by atoms with Crippen LogP contribution in [0.5, 0.6) is 5.75 Å². The molecule has 0 unspecified atom stereocenters. The van der Waals surface area contributed by atoms with Crippen molar-refractivity contribution in [2.45, 2.75) is 32.2 Å². The Kier molecular flexibility index (Phi) is 3.87. The zero-order chi connectivity index (χ0) is 11.5.